The van der Waals surface area contributed by atoms with Crippen molar-refractivity contribution in [1.82, 2.24) is 5.32 Å². The first kappa shape index (κ1) is 20.1. The van der Waals surface area contributed by atoms with Crippen LogP contribution >= 0.6 is 0 Å². The van der Waals surface area contributed by atoms with Gasteiger partial charge in [0.05, 0.1) is 13.2 Å². The van der Waals surface area contributed by atoms with Crippen molar-refractivity contribution in [2.75, 3.05) is 13.7 Å². The van der Waals surface area contributed by atoms with Gasteiger partial charge in [-0.25, -0.2) is 0 Å². The minimum absolute atomic E-state index is 0.0516. The van der Waals surface area contributed by atoms with Crippen LogP contribution in [0.15, 0.2) is 54.6 Å². The molecule has 0 bridgehead atoms. The summed E-state index contributed by atoms with van der Waals surface area (Å²) >= 11 is 0. The third-order valence-electron chi connectivity index (χ3n) is 4.03. The van der Waals surface area contributed by atoms with Crippen LogP contribution < -0.4 is 14.8 Å². The predicted octanol–water partition coefficient (Wildman–Crippen LogP) is 4.12. The Balaban J connectivity index is 2.08. The molecule has 1 unspecified atom stereocenters. The van der Waals surface area contributed by atoms with Gasteiger partial charge >= 0.3 is 0 Å². The maximum absolute atomic E-state index is 12.4. The molecule has 0 aliphatic heterocycles. The summed E-state index contributed by atoms with van der Waals surface area (Å²) in [6.45, 7) is 4.10. The van der Waals surface area contributed by atoms with Gasteiger partial charge in [0.2, 0.25) is 5.91 Å². The van der Waals surface area contributed by atoms with Crippen molar-refractivity contribution in [3.63, 3.8) is 0 Å². The molecule has 5 nitrogen and oxygen atoms in total. The van der Waals surface area contributed by atoms with Crippen LogP contribution in [-0.2, 0) is 4.79 Å². The maximum Gasteiger partial charge on any atom is 0.244 e. The maximum atomic E-state index is 12.4. The van der Waals surface area contributed by atoms with E-state index >= 15 is 0 Å². The zero-order valence-corrected chi connectivity index (χ0v) is 15.8. The second-order valence-electron chi connectivity index (χ2n) is 6.33. The summed E-state index contributed by atoms with van der Waals surface area (Å²) in [5, 5.41) is 11.7. The largest absolute Gasteiger partial charge is 0.493 e. The quantitative estimate of drug-likeness (QED) is 0.715. The van der Waals surface area contributed by atoms with E-state index in [0.717, 1.165) is 11.1 Å². The van der Waals surface area contributed by atoms with Crippen LogP contribution in [0.25, 0.3) is 6.08 Å². The molecule has 0 aliphatic carbocycles. The number of rotatable bonds is 8. The highest BCUT2D eigenvalue weighted by atomic mass is 16.5. The first-order chi connectivity index (χ1) is 13.0. The molecule has 2 rings (SSSR count). The number of amides is 1. The van der Waals surface area contributed by atoms with Gasteiger partial charge in [-0.3, -0.25) is 4.79 Å². The number of nitrogens with one attached hydrogen (secondary N) is 1. The second-order valence-corrected chi connectivity index (χ2v) is 6.33. The molecular formula is C22H24N2O3. The van der Waals surface area contributed by atoms with Crippen molar-refractivity contribution < 1.29 is 14.3 Å². The van der Waals surface area contributed by atoms with E-state index in [1.54, 1.807) is 24.3 Å². The third kappa shape index (κ3) is 5.89. The van der Waals surface area contributed by atoms with Crippen molar-refractivity contribution in [3.8, 4) is 17.6 Å². The molecule has 0 saturated heterocycles. The number of benzene rings is 2. The Kier molecular flexibility index (Phi) is 7.45. The number of methoxy groups -OCH3 is 1. The SMILES string of the molecule is COc1cc(/C=C/C(=O)NC(c2ccccc2)C(C)C)ccc1OCC#N. The lowest BCUT2D eigenvalue weighted by Gasteiger charge is -2.22. The fourth-order valence-electron chi connectivity index (χ4n) is 2.69. The van der Waals surface area contributed by atoms with E-state index < -0.39 is 0 Å². The summed E-state index contributed by atoms with van der Waals surface area (Å²) < 4.78 is 10.6. The Morgan fingerprint density at radius 3 is 2.56 bits per heavy atom. The van der Waals surface area contributed by atoms with Crippen molar-refractivity contribution in [1.29, 1.82) is 5.26 Å². The minimum Gasteiger partial charge on any atom is -0.493 e. The van der Waals surface area contributed by atoms with Gasteiger partial charge in [0.1, 0.15) is 6.07 Å². The van der Waals surface area contributed by atoms with E-state index in [1.807, 2.05) is 36.4 Å². The summed E-state index contributed by atoms with van der Waals surface area (Å²) in [5.74, 6) is 1.10. The van der Waals surface area contributed by atoms with Crippen LogP contribution in [-0.4, -0.2) is 19.6 Å². The van der Waals surface area contributed by atoms with E-state index in [1.165, 1.54) is 13.2 Å². The van der Waals surface area contributed by atoms with Crippen molar-refractivity contribution in [3.05, 3.63) is 65.7 Å². The molecule has 1 amide bonds. The first-order valence-corrected chi connectivity index (χ1v) is 8.76. The highest BCUT2D eigenvalue weighted by molar-refractivity contribution is 5.92. The van der Waals surface area contributed by atoms with Gasteiger partial charge in [0.15, 0.2) is 18.1 Å². The fraction of sp³-hybridized carbons (Fsp3) is 0.273. The average molecular weight is 364 g/mol. The first-order valence-electron chi connectivity index (χ1n) is 8.76. The number of hydrogen-bond donors (Lipinski definition) is 1. The lowest BCUT2D eigenvalue weighted by molar-refractivity contribution is -0.117. The second kappa shape index (κ2) is 10.0. The van der Waals surface area contributed by atoms with Crippen LogP contribution in [0.3, 0.4) is 0 Å². The molecule has 0 heterocycles. The van der Waals surface area contributed by atoms with Crippen molar-refractivity contribution in [2.24, 2.45) is 5.92 Å². The van der Waals surface area contributed by atoms with E-state index in [0.29, 0.717) is 11.5 Å². The summed E-state index contributed by atoms with van der Waals surface area (Å²) in [6.07, 6.45) is 3.22. The highest BCUT2D eigenvalue weighted by Gasteiger charge is 2.16. The van der Waals surface area contributed by atoms with Crippen molar-refractivity contribution in [2.45, 2.75) is 19.9 Å². The molecule has 0 saturated carbocycles. The Labute approximate surface area is 160 Å². The lowest BCUT2D eigenvalue weighted by atomic mass is 9.96. The van der Waals surface area contributed by atoms with Gasteiger partial charge in [-0.2, -0.15) is 5.26 Å². The number of carbonyl (C=O) groups excluding carboxylic acids is 1. The van der Waals surface area contributed by atoms with Gasteiger partial charge in [-0.05, 0) is 35.3 Å². The molecule has 2 aromatic carbocycles. The predicted molar refractivity (Wildman–Crippen MR) is 105 cm³/mol. The van der Waals surface area contributed by atoms with Gasteiger partial charge < -0.3 is 14.8 Å². The smallest absolute Gasteiger partial charge is 0.244 e. The van der Waals surface area contributed by atoms with Crippen LogP contribution in [0.4, 0.5) is 0 Å². The van der Waals surface area contributed by atoms with Gasteiger partial charge in [-0.1, -0.05) is 50.2 Å². The molecule has 27 heavy (non-hydrogen) atoms. The van der Waals surface area contributed by atoms with Gasteiger partial charge in [0, 0.05) is 6.08 Å². The third-order valence-corrected chi connectivity index (χ3v) is 4.03. The molecule has 0 aliphatic rings. The molecule has 0 aromatic heterocycles. The van der Waals surface area contributed by atoms with E-state index in [9.17, 15) is 4.79 Å². The Morgan fingerprint density at radius 1 is 1.19 bits per heavy atom. The number of carbonyl (C=O) groups is 1. The zero-order chi connectivity index (χ0) is 19.6. The summed E-state index contributed by atoms with van der Waals surface area (Å²) in [7, 11) is 1.53. The Bertz CT molecular complexity index is 823. The molecular weight excluding hydrogens is 340 g/mol. The van der Waals surface area contributed by atoms with Crippen LogP contribution in [0.2, 0.25) is 0 Å². The van der Waals surface area contributed by atoms with Gasteiger partial charge in [0.25, 0.3) is 0 Å². The van der Waals surface area contributed by atoms with Crippen molar-refractivity contribution >= 4 is 12.0 Å². The summed E-state index contributed by atoms with van der Waals surface area (Å²) in [5.41, 5.74) is 1.88. The number of nitrogens with zero attached hydrogens (tertiary/aromatic N) is 1. The molecule has 1 atom stereocenters. The van der Waals surface area contributed by atoms with E-state index in [2.05, 4.69) is 19.2 Å². The number of nitriles is 1. The molecule has 0 fully saturated rings. The Hall–Kier alpha value is -3.26. The lowest BCUT2D eigenvalue weighted by Crippen LogP contribution is -2.30. The van der Waals surface area contributed by atoms with Crippen LogP contribution in [0.1, 0.15) is 31.0 Å². The summed E-state index contributed by atoms with van der Waals surface area (Å²) in [6, 6.07) is 17.1. The topological polar surface area (TPSA) is 71.3 Å². The van der Waals surface area contributed by atoms with E-state index in [-0.39, 0.29) is 24.5 Å². The zero-order valence-electron chi connectivity index (χ0n) is 15.8. The minimum atomic E-state index is -0.165. The fourth-order valence-corrected chi connectivity index (χ4v) is 2.69. The average Bonchev–Trinajstić information content (AvgIpc) is 2.69. The standard InChI is InChI=1S/C22H24N2O3/c1-16(2)22(18-7-5-4-6-8-18)24-21(25)12-10-17-9-11-19(27-14-13-23)20(15-17)26-3/h4-12,15-16,22H,14H2,1-3H3,(H,24,25)/b12-10+. The van der Waals surface area contributed by atoms with Crippen LogP contribution in [0, 0.1) is 17.2 Å². The molecule has 0 radical (unpaired) electrons. The van der Waals surface area contributed by atoms with E-state index in [4.69, 9.17) is 14.7 Å². The molecule has 140 valence electrons. The molecule has 0 spiro atoms. The molecule has 5 heteroatoms. The van der Waals surface area contributed by atoms with Gasteiger partial charge in [-0.15, -0.1) is 0 Å². The Morgan fingerprint density at radius 2 is 1.93 bits per heavy atom. The highest BCUT2D eigenvalue weighted by Crippen LogP contribution is 2.28. The summed E-state index contributed by atoms with van der Waals surface area (Å²) in [4.78, 5) is 12.4. The normalized spacial score (nSPS) is 11.8. The monoisotopic (exact) mass is 364 g/mol. The number of hydrogen-bond acceptors (Lipinski definition) is 4. The number of ether oxygens (including phenoxy) is 2. The van der Waals surface area contributed by atoms with Crippen LogP contribution in [0.5, 0.6) is 11.5 Å². The molecule has 1 N–H and O–H groups in total. The molecule has 2 aromatic rings.